The number of benzene rings is 2. The van der Waals surface area contributed by atoms with Crippen LogP contribution in [0, 0.1) is 21.7 Å². The van der Waals surface area contributed by atoms with Crippen molar-refractivity contribution in [2.75, 3.05) is 31.5 Å². The van der Waals surface area contributed by atoms with Gasteiger partial charge < -0.3 is 14.5 Å². The van der Waals surface area contributed by atoms with Gasteiger partial charge in [0.15, 0.2) is 23.9 Å². The number of carbonyl (C=O) groups excluding carboxylic acids is 1. The van der Waals surface area contributed by atoms with E-state index in [0.717, 1.165) is 30.6 Å². The molecular formula is C27H28F5N5O5. The third kappa shape index (κ3) is 6.85. The third-order valence-corrected chi connectivity index (χ3v) is 7.57. The molecule has 5 rings (SSSR count). The van der Waals surface area contributed by atoms with Crippen LogP contribution in [0.15, 0.2) is 34.7 Å². The molecule has 15 heteroatoms. The van der Waals surface area contributed by atoms with Crippen LogP contribution < -0.4 is 5.32 Å². The molecule has 1 atom stereocenters. The van der Waals surface area contributed by atoms with E-state index in [-0.39, 0.29) is 34.8 Å². The lowest BCUT2D eigenvalue weighted by atomic mass is 9.92. The standard InChI is InChI=1S/C27H28F5N5O5/c28-16-11-21(29)26-22(12-16)34-24(42-26)14-35-7-9-36(10-8-35)25(15-38)41-19-4-1-17(2-5-19)33-18-3-6-23(37(39)40)20(13-18)27(30,31)32/h3,6,11-13,15,17,19,25,33H,1-2,4-5,7-10,14H2. The summed E-state index contributed by atoms with van der Waals surface area (Å²) in [6, 6.07) is 4.57. The molecule has 1 aromatic heterocycles. The molecule has 1 N–H and O–H groups in total. The monoisotopic (exact) mass is 597 g/mol. The van der Waals surface area contributed by atoms with E-state index in [1.165, 1.54) is 6.07 Å². The molecule has 0 bridgehead atoms. The second-order valence-corrected chi connectivity index (χ2v) is 10.4. The number of nitro groups is 1. The second kappa shape index (κ2) is 12.3. The first-order valence-corrected chi connectivity index (χ1v) is 13.4. The number of anilines is 1. The summed E-state index contributed by atoms with van der Waals surface area (Å²) in [5, 5.41) is 14.0. The Morgan fingerprint density at radius 1 is 1.12 bits per heavy atom. The Hall–Kier alpha value is -3.69. The average Bonchev–Trinajstić information content (AvgIpc) is 3.35. The SMILES string of the molecule is O=CC(OC1CCC(Nc2ccc([N+](=O)[O-])c(C(F)(F)F)c2)CC1)N1CCN(Cc2nc3cc(F)cc(F)c3o2)CC1. The first kappa shape index (κ1) is 29.8. The maximum absolute atomic E-state index is 13.9. The van der Waals surface area contributed by atoms with E-state index in [1.54, 1.807) is 0 Å². The number of piperazine rings is 1. The molecule has 2 aliphatic rings. The van der Waals surface area contributed by atoms with Crippen molar-refractivity contribution in [3.05, 3.63) is 63.5 Å². The molecule has 1 aliphatic carbocycles. The summed E-state index contributed by atoms with van der Waals surface area (Å²) in [4.78, 5) is 29.9. The quantitative estimate of drug-likeness (QED) is 0.156. The zero-order valence-electron chi connectivity index (χ0n) is 22.3. The number of nitrogens with zero attached hydrogens (tertiary/aromatic N) is 4. The molecule has 42 heavy (non-hydrogen) atoms. The zero-order chi connectivity index (χ0) is 30.0. The summed E-state index contributed by atoms with van der Waals surface area (Å²) in [6.07, 6.45) is -2.76. The summed E-state index contributed by atoms with van der Waals surface area (Å²) >= 11 is 0. The lowest BCUT2D eigenvalue weighted by molar-refractivity contribution is -0.388. The van der Waals surface area contributed by atoms with Crippen LogP contribution in [0.25, 0.3) is 11.1 Å². The number of nitrogens with one attached hydrogen (secondary N) is 1. The Labute approximate surface area is 236 Å². The minimum Gasteiger partial charge on any atom is -0.436 e. The minimum atomic E-state index is -4.86. The number of halogens is 5. The minimum absolute atomic E-state index is 0.0943. The smallest absolute Gasteiger partial charge is 0.423 e. The van der Waals surface area contributed by atoms with Gasteiger partial charge in [-0.05, 0) is 37.8 Å². The molecule has 3 aromatic rings. The fourth-order valence-electron chi connectivity index (χ4n) is 5.43. The van der Waals surface area contributed by atoms with Gasteiger partial charge in [0.2, 0.25) is 5.89 Å². The molecule has 0 spiro atoms. The van der Waals surface area contributed by atoms with E-state index >= 15 is 0 Å². The predicted octanol–water partition coefficient (Wildman–Crippen LogP) is 5.12. The van der Waals surface area contributed by atoms with Gasteiger partial charge in [0, 0.05) is 56.1 Å². The highest BCUT2D eigenvalue weighted by Crippen LogP contribution is 2.38. The fourth-order valence-corrected chi connectivity index (χ4v) is 5.43. The largest absolute Gasteiger partial charge is 0.436 e. The van der Waals surface area contributed by atoms with E-state index in [2.05, 4.69) is 10.3 Å². The van der Waals surface area contributed by atoms with Crippen LogP contribution >= 0.6 is 0 Å². The number of hydrogen-bond donors (Lipinski definition) is 1. The number of carbonyl (C=O) groups is 1. The predicted molar refractivity (Wildman–Crippen MR) is 139 cm³/mol. The Balaban J connectivity index is 1.09. The van der Waals surface area contributed by atoms with E-state index in [9.17, 15) is 36.9 Å². The summed E-state index contributed by atoms with van der Waals surface area (Å²) in [5.41, 5.74) is -2.13. The highest BCUT2D eigenvalue weighted by Gasteiger charge is 2.38. The first-order valence-electron chi connectivity index (χ1n) is 13.4. The molecule has 1 unspecified atom stereocenters. The van der Waals surface area contributed by atoms with Crippen molar-refractivity contribution in [3.8, 4) is 0 Å². The second-order valence-electron chi connectivity index (χ2n) is 10.4. The molecule has 1 saturated heterocycles. The van der Waals surface area contributed by atoms with Gasteiger partial charge in [-0.2, -0.15) is 13.2 Å². The van der Waals surface area contributed by atoms with Crippen molar-refractivity contribution in [1.29, 1.82) is 0 Å². The summed E-state index contributed by atoms with van der Waals surface area (Å²) < 4.78 is 78.8. The van der Waals surface area contributed by atoms with Crippen LogP contribution in [0.5, 0.6) is 0 Å². The van der Waals surface area contributed by atoms with Crippen LogP contribution in [-0.4, -0.2) is 70.5 Å². The van der Waals surface area contributed by atoms with Crippen molar-refractivity contribution in [2.45, 2.75) is 56.8 Å². The lowest BCUT2D eigenvalue weighted by Gasteiger charge is -2.39. The lowest BCUT2D eigenvalue weighted by Crippen LogP contribution is -2.52. The van der Waals surface area contributed by atoms with Crippen LogP contribution in [0.1, 0.15) is 37.1 Å². The first-order chi connectivity index (χ1) is 20.0. The van der Waals surface area contributed by atoms with Gasteiger partial charge in [-0.25, -0.2) is 13.8 Å². The number of oxazole rings is 1. The van der Waals surface area contributed by atoms with Gasteiger partial charge in [0.05, 0.1) is 17.6 Å². The number of nitro benzene ring substituents is 1. The van der Waals surface area contributed by atoms with Gasteiger partial charge in [-0.1, -0.05) is 0 Å². The van der Waals surface area contributed by atoms with Crippen molar-refractivity contribution < 1.29 is 40.8 Å². The Morgan fingerprint density at radius 3 is 2.48 bits per heavy atom. The van der Waals surface area contributed by atoms with Crippen molar-refractivity contribution >= 4 is 28.8 Å². The van der Waals surface area contributed by atoms with Gasteiger partial charge >= 0.3 is 6.18 Å². The molecule has 2 fully saturated rings. The summed E-state index contributed by atoms with van der Waals surface area (Å²) in [5.74, 6) is -1.28. The number of aldehydes is 1. The Bertz CT molecular complexity index is 1430. The summed E-state index contributed by atoms with van der Waals surface area (Å²) in [7, 11) is 0. The number of rotatable bonds is 9. The van der Waals surface area contributed by atoms with Crippen LogP contribution in [0.4, 0.5) is 33.3 Å². The average molecular weight is 598 g/mol. The van der Waals surface area contributed by atoms with Crippen molar-refractivity contribution in [2.24, 2.45) is 0 Å². The van der Waals surface area contributed by atoms with E-state index < -0.39 is 40.2 Å². The van der Waals surface area contributed by atoms with E-state index in [0.29, 0.717) is 58.4 Å². The molecular weight excluding hydrogens is 569 g/mol. The van der Waals surface area contributed by atoms with Crippen LogP contribution in [-0.2, 0) is 22.3 Å². The van der Waals surface area contributed by atoms with E-state index in [1.807, 2.05) is 9.80 Å². The van der Waals surface area contributed by atoms with Crippen molar-refractivity contribution in [3.63, 3.8) is 0 Å². The molecule has 10 nitrogen and oxygen atoms in total. The summed E-state index contributed by atoms with van der Waals surface area (Å²) in [6.45, 7) is 2.47. The molecule has 1 saturated carbocycles. The zero-order valence-corrected chi connectivity index (χ0v) is 22.3. The van der Waals surface area contributed by atoms with Crippen molar-refractivity contribution in [1.82, 2.24) is 14.8 Å². The maximum Gasteiger partial charge on any atom is 0.423 e. The van der Waals surface area contributed by atoms with Gasteiger partial charge in [-0.3, -0.25) is 24.7 Å². The molecule has 2 heterocycles. The molecule has 0 amide bonds. The maximum atomic E-state index is 13.9. The molecule has 1 aliphatic heterocycles. The molecule has 2 aromatic carbocycles. The Kier molecular flexibility index (Phi) is 8.70. The highest BCUT2D eigenvalue weighted by atomic mass is 19.4. The number of alkyl halides is 3. The normalized spacial score (nSPS) is 21.4. The molecule has 226 valence electrons. The fraction of sp³-hybridized carbons (Fsp3) is 0.481. The number of aromatic nitrogens is 1. The van der Waals surface area contributed by atoms with Crippen LogP contribution in [0.2, 0.25) is 0 Å². The third-order valence-electron chi connectivity index (χ3n) is 7.57. The number of fused-ring (bicyclic) bond motifs is 1. The Morgan fingerprint density at radius 2 is 1.83 bits per heavy atom. The van der Waals surface area contributed by atoms with Crippen LogP contribution in [0.3, 0.4) is 0 Å². The van der Waals surface area contributed by atoms with Gasteiger partial charge in [-0.15, -0.1) is 0 Å². The highest BCUT2D eigenvalue weighted by molar-refractivity contribution is 5.73. The topological polar surface area (TPSA) is 114 Å². The van der Waals surface area contributed by atoms with E-state index in [4.69, 9.17) is 9.15 Å². The molecule has 0 radical (unpaired) electrons. The van der Waals surface area contributed by atoms with Gasteiger partial charge in [0.1, 0.15) is 16.9 Å². The number of ether oxygens (including phenoxy) is 1. The number of hydrogen-bond acceptors (Lipinski definition) is 9. The van der Waals surface area contributed by atoms with Gasteiger partial charge in [0.25, 0.3) is 5.69 Å².